The number of amides is 1. The number of hydrogen-bond donors (Lipinski definition) is 4. The number of para-hydroxylation sites is 1. The van der Waals surface area contributed by atoms with Crippen LogP contribution in [0.15, 0.2) is 52.4 Å². The molecule has 4 N–H and O–H groups in total. The molecule has 0 saturated carbocycles. The summed E-state index contributed by atoms with van der Waals surface area (Å²) in [6, 6.07) is 10.2. The number of carboxylic acids is 1. The lowest BCUT2D eigenvalue weighted by molar-refractivity contribution is -0.115. The molecule has 2 aromatic carbocycles. The van der Waals surface area contributed by atoms with Gasteiger partial charge in [0.05, 0.1) is 16.2 Å². The van der Waals surface area contributed by atoms with Crippen LogP contribution in [0.5, 0.6) is 11.5 Å². The number of aromatic hydroxyl groups is 2. The highest BCUT2D eigenvalue weighted by molar-refractivity contribution is 8.18. The lowest BCUT2D eigenvalue weighted by Gasteiger charge is -2.01. The van der Waals surface area contributed by atoms with E-state index >= 15 is 0 Å². The van der Waals surface area contributed by atoms with E-state index in [0.717, 1.165) is 11.8 Å². The zero-order valence-electron chi connectivity index (χ0n) is 12.6. The van der Waals surface area contributed by atoms with Gasteiger partial charge in [0.2, 0.25) is 0 Å². The Hall–Kier alpha value is -3.26. The highest BCUT2D eigenvalue weighted by atomic mass is 32.2. The summed E-state index contributed by atoms with van der Waals surface area (Å²) in [4.78, 5) is 27.7. The summed E-state index contributed by atoms with van der Waals surface area (Å²) in [7, 11) is 0. The second-order valence-electron chi connectivity index (χ2n) is 5.05. The number of nitrogens with zero attached hydrogens (tertiary/aromatic N) is 1. The molecule has 2 aromatic rings. The monoisotopic (exact) mass is 356 g/mol. The van der Waals surface area contributed by atoms with Crippen LogP contribution < -0.4 is 5.32 Å². The molecule has 0 aliphatic carbocycles. The van der Waals surface area contributed by atoms with Gasteiger partial charge in [0.1, 0.15) is 11.5 Å². The molecule has 0 atom stereocenters. The molecular formula is C17H12N2O5S. The predicted octanol–water partition coefficient (Wildman–Crippen LogP) is 2.69. The fraction of sp³-hybridized carbons (Fsp3) is 0. The molecule has 126 valence electrons. The highest BCUT2D eigenvalue weighted by Gasteiger charge is 2.24. The standard InChI is InChI=1S/C17H12N2O5S/c20-10-6-5-9(13(21)8-10)7-14-15(22)19-17(25-14)18-12-4-2-1-3-11(12)16(23)24/h1-8,20-21H,(H,23,24)(H,18,19,22)/b14-7-. The third-order valence-corrected chi connectivity index (χ3v) is 4.22. The molecule has 1 amide bonds. The van der Waals surface area contributed by atoms with E-state index in [9.17, 15) is 19.8 Å². The maximum atomic E-state index is 12.0. The fourth-order valence-electron chi connectivity index (χ4n) is 2.14. The van der Waals surface area contributed by atoms with Crippen molar-refractivity contribution in [3.63, 3.8) is 0 Å². The zero-order valence-corrected chi connectivity index (χ0v) is 13.4. The number of carboxylic acid groups (broad SMARTS) is 1. The first-order valence-corrected chi connectivity index (χ1v) is 7.89. The van der Waals surface area contributed by atoms with Crippen molar-refractivity contribution in [3.05, 3.63) is 58.5 Å². The number of hydrogen-bond acceptors (Lipinski definition) is 6. The summed E-state index contributed by atoms with van der Waals surface area (Å²) in [5.74, 6) is -1.78. The number of phenols is 2. The van der Waals surface area contributed by atoms with Gasteiger partial charge in [0.25, 0.3) is 5.91 Å². The van der Waals surface area contributed by atoms with Crippen molar-refractivity contribution in [1.82, 2.24) is 5.32 Å². The first kappa shape index (κ1) is 16.6. The molecule has 1 aliphatic heterocycles. The van der Waals surface area contributed by atoms with Crippen molar-refractivity contribution in [2.75, 3.05) is 0 Å². The maximum Gasteiger partial charge on any atom is 0.337 e. The Morgan fingerprint density at radius 3 is 2.64 bits per heavy atom. The van der Waals surface area contributed by atoms with Crippen molar-refractivity contribution >= 4 is 40.6 Å². The molecule has 25 heavy (non-hydrogen) atoms. The van der Waals surface area contributed by atoms with Gasteiger partial charge in [0, 0.05) is 11.6 Å². The van der Waals surface area contributed by atoms with E-state index in [1.54, 1.807) is 12.1 Å². The molecular weight excluding hydrogens is 344 g/mol. The molecule has 0 bridgehead atoms. The smallest absolute Gasteiger partial charge is 0.337 e. The number of nitrogens with one attached hydrogen (secondary N) is 1. The van der Waals surface area contributed by atoms with Crippen LogP contribution in [0.25, 0.3) is 6.08 Å². The molecule has 0 spiro atoms. The Labute approximate surface area is 146 Å². The van der Waals surface area contributed by atoms with Crippen LogP contribution in [-0.4, -0.2) is 32.4 Å². The largest absolute Gasteiger partial charge is 0.508 e. The van der Waals surface area contributed by atoms with Crippen LogP contribution in [0.4, 0.5) is 5.69 Å². The Bertz CT molecular complexity index is 936. The van der Waals surface area contributed by atoms with Gasteiger partial charge in [-0.15, -0.1) is 0 Å². The van der Waals surface area contributed by atoms with Crippen molar-refractivity contribution in [3.8, 4) is 11.5 Å². The van der Waals surface area contributed by atoms with E-state index < -0.39 is 11.9 Å². The van der Waals surface area contributed by atoms with Gasteiger partial charge in [-0.2, -0.15) is 0 Å². The van der Waals surface area contributed by atoms with Crippen LogP contribution >= 0.6 is 11.8 Å². The van der Waals surface area contributed by atoms with Crippen LogP contribution in [0.3, 0.4) is 0 Å². The lowest BCUT2D eigenvalue weighted by atomic mass is 10.2. The number of aliphatic imine (C=N–C) groups is 1. The second kappa shape index (κ2) is 6.70. The summed E-state index contributed by atoms with van der Waals surface area (Å²) < 4.78 is 0. The number of benzene rings is 2. The molecule has 0 aromatic heterocycles. The minimum Gasteiger partial charge on any atom is -0.508 e. The Morgan fingerprint density at radius 1 is 1.16 bits per heavy atom. The first-order chi connectivity index (χ1) is 11.9. The van der Waals surface area contributed by atoms with E-state index in [2.05, 4.69) is 10.3 Å². The Kier molecular flexibility index (Phi) is 4.44. The number of rotatable bonds is 3. The van der Waals surface area contributed by atoms with E-state index in [1.807, 2.05) is 0 Å². The van der Waals surface area contributed by atoms with Crippen molar-refractivity contribution < 1.29 is 24.9 Å². The minimum absolute atomic E-state index is 0.0263. The summed E-state index contributed by atoms with van der Waals surface area (Å²) in [5, 5.41) is 31.0. The topological polar surface area (TPSA) is 119 Å². The third kappa shape index (κ3) is 3.64. The van der Waals surface area contributed by atoms with Gasteiger partial charge < -0.3 is 20.6 Å². The molecule has 1 aliphatic rings. The Morgan fingerprint density at radius 2 is 1.92 bits per heavy atom. The van der Waals surface area contributed by atoms with E-state index in [1.165, 1.54) is 36.4 Å². The van der Waals surface area contributed by atoms with E-state index in [4.69, 9.17) is 5.11 Å². The van der Waals surface area contributed by atoms with Gasteiger partial charge in [-0.05, 0) is 42.1 Å². The van der Waals surface area contributed by atoms with E-state index in [-0.39, 0.29) is 32.8 Å². The number of amidine groups is 1. The van der Waals surface area contributed by atoms with Crippen molar-refractivity contribution in [2.45, 2.75) is 0 Å². The average molecular weight is 356 g/mol. The predicted molar refractivity (Wildman–Crippen MR) is 94.0 cm³/mol. The van der Waals surface area contributed by atoms with Gasteiger partial charge in [0.15, 0.2) is 5.17 Å². The van der Waals surface area contributed by atoms with Crippen molar-refractivity contribution in [2.24, 2.45) is 4.99 Å². The molecule has 1 heterocycles. The first-order valence-electron chi connectivity index (χ1n) is 7.08. The van der Waals surface area contributed by atoms with Gasteiger partial charge >= 0.3 is 5.97 Å². The third-order valence-electron chi connectivity index (χ3n) is 3.31. The van der Waals surface area contributed by atoms with E-state index in [0.29, 0.717) is 5.56 Å². The average Bonchev–Trinajstić information content (AvgIpc) is 2.90. The molecule has 0 radical (unpaired) electrons. The molecule has 7 nitrogen and oxygen atoms in total. The minimum atomic E-state index is -1.11. The number of thioether (sulfide) groups is 1. The lowest BCUT2D eigenvalue weighted by Crippen LogP contribution is -2.19. The summed E-state index contributed by atoms with van der Waals surface area (Å²) in [6.45, 7) is 0. The number of carbonyl (C=O) groups excluding carboxylic acids is 1. The molecule has 3 rings (SSSR count). The molecule has 1 saturated heterocycles. The van der Waals surface area contributed by atoms with Crippen molar-refractivity contribution in [1.29, 1.82) is 0 Å². The summed E-state index contributed by atoms with van der Waals surface area (Å²) in [6.07, 6.45) is 1.46. The Balaban J connectivity index is 1.90. The second-order valence-corrected chi connectivity index (χ2v) is 6.08. The van der Waals surface area contributed by atoms with Gasteiger partial charge in [-0.1, -0.05) is 12.1 Å². The summed E-state index contributed by atoms with van der Waals surface area (Å²) in [5.41, 5.74) is 0.618. The van der Waals surface area contributed by atoms with Crippen LogP contribution in [0.1, 0.15) is 15.9 Å². The SMILES string of the molecule is O=C1NC(=Nc2ccccc2C(=O)O)S/C1=C\c1ccc(O)cc1O. The number of aromatic carboxylic acids is 1. The van der Waals surface area contributed by atoms with Crippen LogP contribution in [0, 0.1) is 0 Å². The maximum absolute atomic E-state index is 12.0. The highest BCUT2D eigenvalue weighted by Crippen LogP contribution is 2.32. The fourth-order valence-corrected chi connectivity index (χ4v) is 2.96. The number of phenolic OH excluding ortho intramolecular Hbond substituents is 2. The normalized spacial score (nSPS) is 17.0. The molecule has 8 heteroatoms. The summed E-state index contributed by atoms with van der Waals surface area (Å²) >= 11 is 1.03. The number of carbonyl (C=O) groups is 2. The van der Waals surface area contributed by atoms with Crippen LogP contribution in [0.2, 0.25) is 0 Å². The molecule has 1 fully saturated rings. The quantitative estimate of drug-likeness (QED) is 0.628. The van der Waals surface area contributed by atoms with Crippen LogP contribution in [-0.2, 0) is 4.79 Å². The molecule has 0 unspecified atom stereocenters. The zero-order chi connectivity index (χ0) is 18.0. The van der Waals surface area contributed by atoms with Gasteiger partial charge in [-0.3, -0.25) is 4.79 Å². The van der Waals surface area contributed by atoms with Gasteiger partial charge in [-0.25, -0.2) is 9.79 Å².